The summed E-state index contributed by atoms with van der Waals surface area (Å²) < 4.78 is 62.1. The highest BCUT2D eigenvalue weighted by Crippen LogP contribution is 2.36. The van der Waals surface area contributed by atoms with Crippen molar-refractivity contribution in [2.75, 3.05) is 5.73 Å². The van der Waals surface area contributed by atoms with Crippen LogP contribution >= 0.6 is 0 Å². The first-order valence-electron chi connectivity index (χ1n) is 8.94. The SMILES string of the molecule is CCC(C)(CC(F)F)c1ccc(C(F)(F)F)cc1.Cc1cccc(N)c1CN. The van der Waals surface area contributed by atoms with Crippen LogP contribution in [0.1, 0.15) is 48.9 Å². The zero-order chi connectivity index (χ0) is 21.5. The van der Waals surface area contributed by atoms with E-state index in [9.17, 15) is 22.0 Å². The van der Waals surface area contributed by atoms with E-state index in [0.29, 0.717) is 18.5 Å². The smallest absolute Gasteiger partial charge is 0.398 e. The number of nitrogen functional groups attached to an aromatic ring is 1. The highest BCUT2D eigenvalue weighted by atomic mass is 19.4. The third-order valence-corrected chi connectivity index (χ3v) is 4.94. The van der Waals surface area contributed by atoms with Crippen LogP contribution in [0.3, 0.4) is 0 Å². The second-order valence-electron chi connectivity index (χ2n) is 6.93. The van der Waals surface area contributed by atoms with Crippen molar-refractivity contribution in [2.45, 2.75) is 58.2 Å². The highest BCUT2D eigenvalue weighted by Gasteiger charge is 2.32. The number of anilines is 1. The molecule has 0 aliphatic rings. The number of rotatable bonds is 5. The van der Waals surface area contributed by atoms with E-state index < -0.39 is 23.6 Å². The van der Waals surface area contributed by atoms with Gasteiger partial charge in [0.25, 0.3) is 0 Å². The Hall–Kier alpha value is -2.15. The minimum absolute atomic E-state index is 0.352. The lowest BCUT2D eigenvalue weighted by Crippen LogP contribution is -2.24. The summed E-state index contributed by atoms with van der Waals surface area (Å²) in [5, 5.41) is 0. The lowest BCUT2D eigenvalue weighted by atomic mass is 9.77. The second kappa shape index (κ2) is 9.87. The quantitative estimate of drug-likeness (QED) is 0.471. The Morgan fingerprint density at radius 2 is 1.50 bits per heavy atom. The summed E-state index contributed by atoms with van der Waals surface area (Å²) in [7, 11) is 0. The number of aryl methyl sites for hydroxylation is 1. The van der Waals surface area contributed by atoms with Gasteiger partial charge < -0.3 is 11.5 Å². The third kappa shape index (κ3) is 6.48. The van der Waals surface area contributed by atoms with E-state index in [-0.39, 0.29) is 6.42 Å². The van der Waals surface area contributed by atoms with Crippen molar-refractivity contribution in [1.82, 2.24) is 0 Å². The van der Waals surface area contributed by atoms with Gasteiger partial charge in [0.15, 0.2) is 0 Å². The molecule has 2 rings (SSSR count). The summed E-state index contributed by atoms with van der Waals surface area (Å²) in [5.41, 5.74) is 13.1. The van der Waals surface area contributed by atoms with Crippen molar-refractivity contribution in [1.29, 1.82) is 0 Å². The zero-order valence-electron chi connectivity index (χ0n) is 16.3. The van der Waals surface area contributed by atoms with E-state index in [1.807, 2.05) is 25.1 Å². The van der Waals surface area contributed by atoms with Gasteiger partial charge in [-0.3, -0.25) is 0 Å². The van der Waals surface area contributed by atoms with Crippen LogP contribution in [-0.2, 0) is 18.1 Å². The van der Waals surface area contributed by atoms with Gasteiger partial charge in [-0.15, -0.1) is 0 Å². The minimum atomic E-state index is -4.40. The molecule has 0 amide bonds. The van der Waals surface area contributed by atoms with Crippen molar-refractivity contribution in [3.63, 3.8) is 0 Å². The van der Waals surface area contributed by atoms with Gasteiger partial charge in [-0.05, 0) is 53.6 Å². The predicted molar refractivity (Wildman–Crippen MR) is 103 cm³/mol. The maximum absolute atomic E-state index is 12.5. The molecule has 0 fully saturated rings. The van der Waals surface area contributed by atoms with Gasteiger partial charge in [-0.1, -0.05) is 38.1 Å². The molecule has 0 heterocycles. The van der Waals surface area contributed by atoms with Crippen LogP contribution in [-0.4, -0.2) is 6.43 Å². The van der Waals surface area contributed by atoms with Crippen molar-refractivity contribution in [3.8, 4) is 0 Å². The number of hydrogen-bond acceptors (Lipinski definition) is 2. The normalized spacial score (nSPS) is 13.6. The molecule has 2 aromatic rings. The Morgan fingerprint density at radius 3 is 1.86 bits per heavy atom. The van der Waals surface area contributed by atoms with Gasteiger partial charge in [-0.2, -0.15) is 13.2 Å². The van der Waals surface area contributed by atoms with Gasteiger partial charge in [0.2, 0.25) is 6.43 Å². The van der Waals surface area contributed by atoms with E-state index in [2.05, 4.69) is 0 Å². The van der Waals surface area contributed by atoms with Gasteiger partial charge in [0, 0.05) is 18.7 Å². The maximum Gasteiger partial charge on any atom is 0.416 e. The van der Waals surface area contributed by atoms with Gasteiger partial charge in [-0.25, -0.2) is 8.78 Å². The molecule has 0 radical (unpaired) electrons. The fourth-order valence-corrected chi connectivity index (χ4v) is 2.87. The third-order valence-electron chi connectivity index (χ3n) is 4.94. The minimum Gasteiger partial charge on any atom is -0.398 e. The second-order valence-corrected chi connectivity index (χ2v) is 6.93. The molecule has 0 saturated carbocycles. The number of hydrogen-bond donors (Lipinski definition) is 2. The van der Waals surface area contributed by atoms with Crippen LogP contribution in [0, 0.1) is 6.92 Å². The van der Waals surface area contributed by atoms with Crippen LogP contribution in [0.4, 0.5) is 27.6 Å². The standard InChI is InChI=1S/C13H15F5.C8H12N2/c1-3-12(2,8-11(14)15)9-4-6-10(7-5-9)13(16,17)18;1-6-3-2-4-8(10)7(6)5-9/h4-7,11H,3,8H2,1-2H3;2-4H,5,9-10H2,1H3. The largest absolute Gasteiger partial charge is 0.416 e. The van der Waals surface area contributed by atoms with E-state index in [4.69, 9.17) is 11.5 Å². The molecule has 0 aliphatic heterocycles. The van der Waals surface area contributed by atoms with Gasteiger partial charge >= 0.3 is 6.18 Å². The summed E-state index contributed by atoms with van der Waals surface area (Å²) in [6.45, 7) is 5.93. The lowest BCUT2D eigenvalue weighted by molar-refractivity contribution is -0.137. The van der Waals surface area contributed by atoms with Crippen molar-refractivity contribution in [3.05, 3.63) is 64.7 Å². The molecule has 0 bridgehead atoms. The summed E-state index contributed by atoms with van der Waals surface area (Å²) >= 11 is 0. The Labute approximate surface area is 162 Å². The number of halogens is 5. The monoisotopic (exact) mass is 402 g/mol. The van der Waals surface area contributed by atoms with Crippen molar-refractivity contribution < 1.29 is 22.0 Å². The van der Waals surface area contributed by atoms with E-state index in [0.717, 1.165) is 23.4 Å². The molecule has 7 heteroatoms. The first-order chi connectivity index (χ1) is 12.9. The molecular formula is C21H27F5N2. The van der Waals surface area contributed by atoms with E-state index in [1.54, 1.807) is 13.8 Å². The molecule has 4 N–H and O–H groups in total. The summed E-state index contributed by atoms with van der Waals surface area (Å²) in [4.78, 5) is 0. The Bertz CT molecular complexity index is 721. The molecule has 0 saturated heterocycles. The number of nitrogens with two attached hydrogens (primary N) is 2. The van der Waals surface area contributed by atoms with Gasteiger partial charge in [0.1, 0.15) is 0 Å². The zero-order valence-corrected chi connectivity index (χ0v) is 16.3. The average Bonchev–Trinajstić information content (AvgIpc) is 2.61. The van der Waals surface area contributed by atoms with Crippen LogP contribution in [0.2, 0.25) is 0 Å². The Kier molecular flexibility index (Phi) is 8.42. The lowest BCUT2D eigenvalue weighted by Gasteiger charge is -2.28. The van der Waals surface area contributed by atoms with E-state index >= 15 is 0 Å². The first-order valence-corrected chi connectivity index (χ1v) is 8.94. The average molecular weight is 402 g/mol. The highest BCUT2D eigenvalue weighted by molar-refractivity contribution is 5.50. The fourth-order valence-electron chi connectivity index (χ4n) is 2.87. The maximum atomic E-state index is 12.5. The summed E-state index contributed by atoms with van der Waals surface area (Å²) in [5.74, 6) is 0. The molecule has 28 heavy (non-hydrogen) atoms. The van der Waals surface area contributed by atoms with Crippen LogP contribution in [0.15, 0.2) is 42.5 Å². The first kappa shape index (κ1) is 23.9. The van der Waals surface area contributed by atoms with Crippen molar-refractivity contribution >= 4 is 5.69 Å². The molecule has 1 atom stereocenters. The predicted octanol–water partition coefficient (Wildman–Crippen LogP) is 6.06. The summed E-state index contributed by atoms with van der Waals surface area (Å²) in [6.07, 6.45) is -6.78. The molecule has 2 nitrogen and oxygen atoms in total. The topological polar surface area (TPSA) is 52.0 Å². The Balaban J connectivity index is 0.000000330. The molecule has 2 aromatic carbocycles. The fraction of sp³-hybridized carbons (Fsp3) is 0.429. The van der Waals surface area contributed by atoms with Crippen LogP contribution in [0.25, 0.3) is 0 Å². The van der Waals surface area contributed by atoms with Gasteiger partial charge in [0.05, 0.1) is 5.56 Å². The number of benzene rings is 2. The van der Waals surface area contributed by atoms with Crippen molar-refractivity contribution in [2.24, 2.45) is 5.73 Å². The Morgan fingerprint density at radius 1 is 0.964 bits per heavy atom. The van der Waals surface area contributed by atoms with E-state index in [1.165, 1.54) is 17.7 Å². The molecule has 0 aromatic heterocycles. The number of alkyl halides is 5. The summed E-state index contributed by atoms with van der Waals surface area (Å²) in [6, 6.07) is 10.3. The molecule has 0 spiro atoms. The molecular weight excluding hydrogens is 375 g/mol. The molecule has 0 aliphatic carbocycles. The van der Waals surface area contributed by atoms with Crippen LogP contribution in [0.5, 0.6) is 0 Å². The molecule has 1 unspecified atom stereocenters. The van der Waals surface area contributed by atoms with Crippen LogP contribution < -0.4 is 11.5 Å². The molecule has 156 valence electrons.